The molecule has 0 atom stereocenters. The molecule has 0 aliphatic heterocycles. The Morgan fingerprint density at radius 1 is 1.17 bits per heavy atom. The van der Waals surface area contributed by atoms with Crippen molar-refractivity contribution in [2.24, 2.45) is 0 Å². The van der Waals surface area contributed by atoms with Crippen molar-refractivity contribution < 1.29 is 9.47 Å². The molecule has 0 radical (unpaired) electrons. The van der Waals surface area contributed by atoms with Crippen molar-refractivity contribution in [2.45, 2.75) is 0 Å². The molecule has 66 valence electrons. The minimum atomic E-state index is 0.539. The maximum atomic E-state index is 5.85. The second kappa shape index (κ2) is 4.01. The van der Waals surface area contributed by atoms with Gasteiger partial charge in [0, 0.05) is 0 Å². The Balaban J connectivity index is 3.28. The SMILES string of the molecule is COc1c(Cl)ccc(Br)c1OC. The summed E-state index contributed by atoms with van der Waals surface area (Å²) in [7, 11) is 3.12. The standard InChI is InChI=1S/C8H8BrClO2/c1-11-7-5(9)3-4-6(10)8(7)12-2/h3-4H,1-2H3. The highest BCUT2D eigenvalue weighted by molar-refractivity contribution is 9.10. The van der Waals surface area contributed by atoms with Crippen LogP contribution in [0.4, 0.5) is 0 Å². The van der Waals surface area contributed by atoms with E-state index in [1.54, 1.807) is 20.3 Å². The molecule has 1 aromatic carbocycles. The van der Waals surface area contributed by atoms with Crippen LogP contribution in [0.3, 0.4) is 0 Å². The fraction of sp³-hybridized carbons (Fsp3) is 0.250. The highest BCUT2D eigenvalue weighted by atomic mass is 79.9. The van der Waals surface area contributed by atoms with E-state index in [4.69, 9.17) is 21.1 Å². The largest absolute Gasteiger partial charge is 0.492 e. The van der Waals surface area contributed by atoms with Gasteiger partial charge in [-0.25, -0.2) is 0 Å². The Morgan fingerprint density at radius 2 is 1.75 bits per heavy atom. The zero-order chi connectivity index (χ0) is 9.14. The van der Waals surface area contributed by atoms with E-state index in [0.717, 1.165) is 4.47 Å². The van der Waals surface area contributed by atoms with E-state index in [1.807, 2.05) is 6.07 Å². The molecule has 0 heterocycles. The lowest BCUT2D eigenvalue weighted by Crippen LogP contribution is -1.91. The van der Waals surface area contributed by atoms with Gasteiger partial charge in [-0.1, -0.05) is 11.6 Å². The van der Waals surface area contributed by atoms with Gasteiger partial charge in [-0.3, -0.25) is 0 Å². The zero-order valence-corrected chi connectivity index (χ0v) is 9.07. The molecule has 0 unspecified atom stereocenters. The summed E-state index contributed by atoms with van der Waals surface area (Å²) in [5, 5.41) is 0.539. The van der Waals surface area contributed by atoms with Gasteiger partial charge < -0.3 is 9.47 Å². The topological polar surface area (TPSA) is 18.5 Å². The van der Waals surface area contributed by atoms with Crippen molar-refractivity contribution in [3.8, 4) is 11.5 Å². The maximum Gasteiger partial charge on any atom is 0.180 e. The van der Waals surface area contributed by atoms with Gasteiger partial charge in [0.25, 0.3) is 0 Å². The van der Waals surface area contributed by atoms with Crippen molar-refractivity contribution in [1.29, 1.82) is 0 Å². The van der Waals surface area contributed by atoms with Crippen LogP contribution in [0, 0.1) is 0 Å². The van der Waals surface area contributed by atoms with Gasteiger partial charge in [0.1, 0.15) is 0 Å². The van der Waals surface area contributed by atoms with Crippen molar-refractivity contribution in [2.75, 3.05) is 14.2 Å². The van der Waals surface area contributed by atoms with Crippen LogP contribution < -0.4 is 9.47 Å². The summed E-state index contributed by atoms with van der Waals surface area (Å²) in [5.74, 6) is 1.17. The lowest BCUT2D eigenvalue weighted by Gasteiger charge is -2.09. The molecule has 0 aliphatic rings. The fourth-order valence-corrected chi connectivity index (χ4v) is 1.60. The first-order valence-electron chi connectivity index (χ1n) is 3.26. The van der Waals surface area contributed by atoms with Crippen LogP contribution in [0.15, 0.2) is 16.6 Å². The van der Waals surface area contributed by atoms with Crippen LogP contribution in [0.5, 0.6) is 11.5 Å². The van der Waals surface area contributed by atoms with Gasteiger partial charge in [-0.05, 0) is 28.1 Å². The number of ether oxygens (including phenoxy) is 2. The van der Waals surface area contributed by atoms with Crippen LogP contribution in [0.25, 0.3) is 0 Å². The lowest BCUT2D eigenvalue weighted by atomic mass is 10.3. The molecule has 0 aliphatic carbocycles. The van der Waals surface area contributed by atoms with E-state index in [0.29, 0.717) is 16.5 Å². The quantitative estimate of drug-likeness (QED) is 0.804. The average molecular weight is 252 g/mol. The minimum Gasteiger partial charge on any atom is -0.492 e. The molecule has 12 heavy (non-hydrogen) atoms. The highest BCUT2D eigenvalue weighted by Crippen LogP contribution is 2.40. The lowest BCUT2D eigenvalue weighted by molar-refractivity contribution is 0.353. The van der Waals surface area contributed by atoms with E-state index < -0.39 is 0 Å². The van der Waals surface area contributed by atoms with Crippen molar-refractivity contribution >= 4 is 27.5 Å². The van der Waals surface area contributed by atoms with E-state index in [2.05, 4.69) is 15.9 Å². The van der Waals surface area contributed by atoms with Crippen LogP contribution in [-0.2, 0) is 0 Å². The molecule has 0 saturated heterocycles. The van der Waals surface area contributed by atoms with E-state index in [9.17, 15) is 0 Å². The Labute approximate surface area is 84.6 Å². The molecule has 0 spiro atoms. The molecule has 0 N–H and O–H groups in total. The van der Waals surface area contributed by atoms with Gasteiger partial charge in [0.15, 0.2) is 11.5 Å². The summed E-state index contributed by atoms with van der Waals surface area (Å²) in [6.07, 6.45) is 0. The number of hydrogen-bond donors (Lipinski definition) is 0. The Morgan fingerprint density at radius 3 is 2.17 bits per heavy atom. The monoisotopic (exact) mass is 250 g/mol. The molecule has 0 fully saturated rings. The predicted molar refractivity (Wildman–Crippen MR) is 52.3 cm³/mol. The molecule has 0 saturated carbocycles. The van der Waals surface area contributed by atoms with Crippen molar-refractivity contribution in [3.05, 3.63) is 21.6 Å². The van der Waals surface area contributed by atoms with Crippen LogP contribution in [-0.4, -0.2) is 14.2 Å². The Hall–Kier alpha value is -0.410. The molecular weight excluding hydrogens is 243 g/mol. The van der Waals surface area contributed by atoms with E-state index in [-0.39, 0.29) is 0 Å². The molecule has 1 aromatic rings. The number of methoxy groups -OCH3 is 2. The van der Waals surface area contributed by atoms with Crippen LogP contribution in [0.1, 0.15) is 0 Å². The van der Waals surface area contributed by atoms with Gasteiger partial charge in [-0.15, -0.1) is 0 Å². The first-order chi connectivity index (χ1) is 5.70. The summed E-state index contributed by atoms with van der Waals surface area (Å²) in [6.45, 7) is 0. The zero-order valence-electron chi connectivity index (χ0n) is 6.73. The van der Waals surface area contributed by atoms with E-state index >= 15 is 0 Å². The van der Waals surface area contributed by atoms with E-state index in [1.165, 1.54) is 0 Å². The highest BCUT2D eigenvalue weighted by Gasteiger charge is 2.11. The van der Waals surface area contributed by atoms with Crippen molar-refractivity contribution in [3.63, 3.8) is 0 Å². The van der Waals surface area contributed by atoms with Crippen LogP contribution in [0.2, 0.25) is 5.02 Å². The predicted octanol–water partition coefficient (Wildman–Crippen LogP) is 3.12. The maximum absolute atomic E-state index is 5.85. The molecular formula is C8H8BrClO2. The first kappa shape index (κ1) is 9.68. The summed E-state index contributed by atoms with van der Waals surface area (Å²) < 4.78 is 11.0. The number of benzene rings is 1. The second-order valence-electron chi connectivity index (χ2n) is 2.10. The number of halogens is 2. The van der Waals surface area contributed by atoms with Gasteiger partial charge in [0.05, 0.1) is 23.7 Å². The van der Waals surface area contributed by atoms with Crippen molar-refractivity contribution in [1.82, 2.24) is 0 Å². The number of hydrogen-bond acceptors (Lipinski definition) is 2. The third-order valence-electron chi connectivity index (χ3n) is 1.42. The van der Waals surface area contributed by atoms with Gasteiger partial charge in [0.2, 0.25) is 0 Å². The Kier molecular flexibility index (Phi) is 3.23. The molecule has 1 rings (SSSR count). The summed E-state index contributed by atoms with van der Waals surface area (Å²) in [4.78, 5) is 0. The third-order valence-corrected chi connectivity index (χ3v) is 2.35. The molecule has 0 bridgehead atoms. The summed E-state index contributed by atoms with van der Waals surface area (Å²) >= 11 is 9.17. The molecule has 2 nitrogen and oxygen atoms in total. The van der Waals surface area contributed by atoms with Crippen LogP contribution >= 0.6 is 27.5 Å². The van der Waals surface area contributed by atoms with Gasteiger partial charge >= 0.3 is 0 Å². The molecule has 0 amide bonds. The smallest absolute Gasteiger partial charge is 0.180 e. The normalized spacial score (nSPS) is 9.67. The summed E-state index contributed by atoms with van der Waals surface area (Å²) in [5.41, 5.74) is 0. The average Bonchev–Trinajstić information content (AvgIpc) is 2.08. The Bertz CT molecular complexity index is 260. The third kappa shape index (κ3) is 1.67. The fourth-order valence-electron chi connectivity index (χ4n) is 0.895. The second-order valence-corrected chi connectivity index (χ2v) is 3.36. The molecule has 0 aromatic heterocycles. The van der Waals surface area contributed by atoms with Gasteiger partial charge in [-0.2, -0.15) is 0 Å². The molecule has 4 heteroatoms. The first-order valence-corrected chi connectivity index (χ1v) is 4.43. The minimum absolute atomic E-state index is 0.539. The number of rotatable bonds is 2. The summed E-state index contributed by atoms with van der Waals surface area (Å²) in [6, 6.07) is 3.55.